The van der Waals surface area contributed by atoms with Gasteiger partial charge < -0.3 is 0 Å². The summed E-state index contributed by atoms with van der Waals surface area (Å²) >= 11 is 2.59. The van der Waals surface area contributed by atoms with Gasteiger partial charge in [-0.3, -0.25) is 0 Å². The molecule has 0 N–H and O–H groups in total. The normalized spacial score (nSPS) is 12.2. The quantitative estimate of drug-likeness (QED) is 0.187. The Labute approximate surface area is 224 Å². The van der Waals surface area contributed by atoms with Crippen molar-refractivity contribution in [2.75, 3.05) is 0 Å². The summed E-state index contributed by atoms with van der Waals surface area (Å²) in [5.74, 6) is 0. The Bertz CT molecular complexity index is 2130. The molecule has 0 saturated heterocycles. The summed E-state index contributed by atoms with van der Waals surface area (Å²) in [7, 11) is 0. The highest BCUT2D eigenvalue weighted by molar-refractivity contribution is 7.00. The first kappa shape index (κ1) is 20.5. The van der Waals surface area contributed by atoms with Crippen LogP contribution in [0.5, 0.6) is 0 Å². The Kier molecular flexibility index (Phi) is 4.06. The van der Waals surface area contributed by atoms with Gasteiger partial charge in [0.2, 0.25) is 0 Å². The number of fused-ring (bicyclic) bond motifs is 6. The van der Waals surface area contributed by atoms with Gasteiger partial charge in [0.25, 0.3) is 0 Å². The molecule has 0 aliphatic heterocycles. The molecule has 0 aliphatic rings. The zero-order valence-corrected chi connectivity index (χ0v) is 21.5. The molecule has 0 atom stereocenters. The molecule has 0 spiro atoms. The fraction of sp³-hybridized carbons (Fsp3) is 0. The smallest absolute Gasteiger partial charge is 0.113 e. The van der Waals surface area contributed by atoms with Crippen LogP contribution in [0.25, 0.3) is 86.7 Å². The third kappa shape index (κ3) is 2.63. The fourth-order valence-corrected chi connectivity index (χ4v) is 7.33. The van der Waals surface area contributed by atoms with E-state index in [4.69, 9.17) is 0 Å². The molecule has 176 valence electrons. The molecule has 6 heteroatoms. The minimum Gasteiger partial charge on any atom is -0.172 e. The Hall–Kier alpha value is -4.52. The number of nitrogens with zero attached hydrogens (tertiary/aromatic N) is 4. The minimum atomic E-state index is 1.03. The van der Waals surface area contributed by atoms with Gasteiger partial charge in [-0.25, -0.2) is 0 Å². The largest absolute Gasteiger partial charge is 0.172 e. The Balaban J connectivity index is 0.000000111. The van der Waals surface area contributed by atoms with E-state index in [2.05, 4.69) is 115 Å². The lowest BCUT2D eigenvalue weighted by atomic mass is 9.93. The van der Waals surface area contributed by atoms with E-state index < -0.39 is 0 Å². The number of aromatic nitrogens is 4. The van der Waals surface area contributed by atoms with Crippen molar-refractivity contribution >= 4 is 110 Å². The first-order chi connectivity index (χ1) is 18.9. The van der Waals surface area contributed by atoms with Crippen LogP contribution in [0.15, 0.2) is 97.1 Å². The molecule has 0 saturated carbocycles. The Morgan fingerprint density at radius 1 is 0.316 bits per heavy atom. The molecule has 38 heavy (non-hydrogen) atoms. The number of rotatable bonds is 0. The van der Waals surface area contributed by atoms with Crippen LogP contribution in [-0.4, -0.2) is 17.5 Å². The molecule has 2 heterocycles. The number of hydrogen-bond donors (Lipinski definition) is 0. The van der Waals surface area contributed by atoms with Gasteiger partial charge in [0.05, 0.1) is 23.5 Å². The average Bonchev–Trinajstić information content (AvgIpc) is 3.67. The van der Waals surface area contributed by atoms with Crippen molar-refractivity contribution in [3.63, 3.8) is 0 Å². The molecular formula is C32H16N4S2. The lowest BCUT2D eigenvalue weighted by Crippen LogP contribution is -1.85. The topological polar surface area (TPSA) is 51.6 Å². The van der Waals surface area contributed by atoms with Gasteiger partial charge in [0.15, 0.2) is 0 Å². The predicted molar refractivity (Wildman–Crippen MR) is 162 cm³/mol. The van der Waals surface area contributed by atoms with E-state index in [1.165, 1.54) is 88.1 Å². The summed E-state index contributed by atoms with van der Waals surface area (Å²) in [6.07, 6.45) is 0. The molecule has 10 rings (SSSR count). The molecule has 8 aromatic carbocycles. The predicted octanol–water partition coefficient (Wildman–Crippen LogP) is 9.18. The summed E-state index contributed by atoms with van der Waals surface area (Å²) in [5.41, 5.74) is 4.12. The molecule has 0 unspecified atom stereocenters. The summed E-state index contributed by atoms with van der Waals surface area (Å²) in [4.78, 5) is 0. The van der Waals surface area contributed by atoms with Crippen molar-refractivity contribution in [2.24, 2.45) is 0 Å². The van der Waals surface area contributed by atoms with Gasteiger partial charge in [-0.15, -0.1) is 0 Å². The summed E-state index contributed by atoms with van der Waals surface area (Å²) < 4.78 is 18.0. The van der Waals surface area contributed by atoms with Crippen LogP contribution in [0.4, 0.5) is 0 Å². The van der Waals surface area contributed by atoms with Gasteiger partial charge in [-0.1, -0.05) is 97.1 Å². The van der Waals surface area contributed by atoms with E-state index in [1.54, 1.807) is 0 Å². The molecule has 0 aliphatic carbocycles. The van der Waals surface area contributed by atoms with E-state index in [9.17, 15) is 0 Å². The van der Waals surface area contributed by atoms with Crippen LogP contribution in [0.2, 0.25) is 0 Å². The highest BCUT2D eigenvalue weighted by Gasteiger charge is 2.16. The second-order valence-electron chi connectivity index (χ2n) is 9.67. The van der Waals surface area contributed by atoms with Crippen LogP contribution in [-0.2, 0) is 0 Å². The van der Waals surface area contributed by atoms with Gasteiger partial charge in [0.1, 0.15) is 22.1 Å². The summed E-state index contributed by atoms with van der Waals surface area (Å²) in [6.45, 7) is 0. The third-order valence-electron chi connectivity index (χ3n) is 7.77. The molecular weight excluding hydrogens is 505 g/mol. The molecule has 0 amide bonds. The van der Waals surface area contributed by atoms with E-state index in [0.717, 1.165) is 22.1 Å². The maximum Gasteiger partial charge on any atom is 0.113 e. The second kappa shape index (κ2) is 7.51. The van der Waals surface area contributed by atoms with Crippen LogP contribution >= 0.6 is 23.5 Å². The van der Waals surface area contributed by atoms with Crippen LogP contribution < -0.4 is 0 Å². The third-order valence-corrected chi connectivity index (χ3v) is 8.83. The van der Waals surface area contributed by atoms with Crippen molar-refractivity contribution in [2.45, 2.75) is 0 Å². The van der Waals surface area contributed by atoms with Crippen LogP contribution in [0.3, 0.4) is 0 Å². The van der Waals surface area contributed by atoms with Crippen molar-refractivity contribution < 1.29 is 0 Å². The first-order valence-electron chi connectivity index (χ1n) is 12.4. The van der Waals surface area contributed by atoms with E-state index in [1.807, 2.05) is 0 Å². The van der Waals surface area contributed by atoms with E-state index in [-0.39, 0.29) is 0 Å². The zero-order chi connectivity index (χ0) is 24.8. The number of hydrogen-bond acceptors (Lipinski definition) is 6. The van der Waals surface area contributed by atoms with Crippen LogP contribution in [0, 0.1) is 0 Å². The molecule has 2 aromatic heterocycles. The molecule has 4 nitrogen and oxygen atoms in total. The van der Waals surface area contributed by atoms with E-state index >= 15 is 0 Å². The SMILES string of the molecule is c1cc2ccc3cccc4c5nsnc5c(c1)c2c34.c1cc2ccc3cccc4c5nsnc5c(c1)c2c34. The monoisotopic (exact) mass is 520 g/mol. The van der Waals surface area contributed by atoms with Crippen molar-refractivity contribution in [3.05, 3.63) is 97.1 Å². The Morgan fingerprint density at radius 2 is 0.579 bits per heavy atom. The summed E-state index contributed by atoms with van der Waals surface area (Å²) in [5, 5.41) is 15.2. The Morgan fingerprint density at radius 3 is 0.842 bits per heavy atom. The lowest BCUT2D eigenvalue weighted by Gasteiger charge is -2.10. The van der Waals surface area contributed by atoms with Crippen molar-refractivity contribution in [1.82, 2.24) is 17.5 Å². The lowest BCUT2D eigenvalue weighted by molar-refractivity contribution is 1.70. The second-order valence-corrected chi connectivity index (χ2v) is 10.7. The maximum absolute atomic E-state index is 4.50. The molecule has 0 bridgehead atoms. The standard InChI is InChI=1S/2C16H8N2S/c2*1-3-9-7-8-10-4-2-6-12-14(10)13(9)11(5-1)15-16(12)18-19-17-15/h2*1-8H. The van der Waals surface area contributed by atoms with Crippen molar-refractivity contribution in [3.8, 4) is 0 Å². The zero-order valence-electron chi connectivity index (χ0n) is 19.8. The van der Waals surface area contributed by atoms with Crippen LogP contribution in [0.1, 0.15) is 0 Å². The average molecular weight is 521 g/mol. The highest BCUT2D eigenvalue weighted by Crippen LogP contribution is 2.40. The van der Waals surface area contributed by atoms with Crippen molar-refractivity contribution in [1.29, 1.82) is 0 Å². The highest BCUT2D eigenvalue weighted by atomic mass is 32.1. The minimum absolute atomic E-state index is 1.03. The molecule has 0 fully saturated rings. The van der Waals surface area contributed by atoms with Gasteiger partial charge in [-0.05, 0) is 43.1 Å². The first-order valence-corrected chi connectivity index (χ1v) is 13.9. The van der Waals surface area contributed by atoms with Gasteiger partial charge >= 0.3 is 0 Å². The van der Waals surface area contributed by atoms with Gasteiger partial charge in [-0.2, -0.15) is 17.5 Å². The molecule has 10 aromatic rings. The maximum atomic E-state index is 4.50. The number of benzene rings is 8. The molecule has 0 radical (unpaired) electrons. The fourth-order valence-electron chi connectivity index (χ4n) is 6.18. The van der Waals surface area contributed by atoms with E-state index in [0.29, 0.717) is 0 Å². The van der Waals surface area contributed by atoms with Gasteiger partial charge in [0, 0.05) is 21.5 Å². The summed E-state index contributed by atoms with van der Waals surface area (Å²) in [6, 6.07) is 34.4.